The first-order chi connectivity index (χ1) is 14.5. The van der Waals surface area contributed by atoms with Gasteiger partial charge in [-0.1, -0.05) is 43.0 Å². The topological polar surface area (TPSA) is 93.7 Å². The van der Waals surface area contributed by atoms with Crippen LogP contribution >= 0.6 is 0 Å². The van der Waals surface area contributed by atoms with Crippen molar-refractivity contribution in [3.05, 3.63) is 77.9 Å². The minimum Gasteiger partial charge on any atom is -0.460 e. The number of ether oxygens (including phenoxy) is 2. The van der Waals surface area contributed by atoms with Gasteiger partial charge in [-0.15, -0.1) is 0 Å². The largest absolute Gasteiger partial charge is 0.460 e. The number of hydrogen-bond donors (Lipinski definition) is 2. The monoisotopic (exact) mass is 410 g/mol. The van der Waals surface area contributed by atoms with Gasteiger partial charge in [0.05, 0.1) is 13.2 Å². The minimum absolute atomic E-state index is 0.0509. The number of carbonyl (C=O) groups is 3. The quantitative estimate of drug-likeness (QED) is 0.354. The summed E-state index contributed by atoms with van der Waals surface area (Å²) in [7, 11) is 0. The van der Waals surface area contributed by atoms with Crippen molar-refractivity contribution in [2.24, 2.45) is 0 Å². The molecule has 30 heavy (non-hydrogen) atoms. The number of benzene rings is 2. The first-order valence-corrected chi connectivity index (χ1v) is 9.65. The molecule has 0 fully saturated rings. The number of amides is 2. The van der Waals surface area contributed by atoms with Crippen LogP contribution in [0.25, 0.3) is 0 Å². The van der Waals surface area contributed by atoms with Gasteiger partial charge >= 0.3 is 12.1 Å². The van der Waals surface area contributed by atoms with E-state index in [4.69, 9.17) is 9.47 Å². The first kappa shape index (κ1) is 22.7. The number of anilines is 1. The summed E-state index contributed by atoms with van der Waals surface area (Å²) in [6.45, 7) is 5.45. The smallest absolute Gasteiger partial charge is 0.407 e. The Bertz CT molecular complexity index is 880. The number of hydrogen-bond acceptors (Lipinski definition) is 5. The lowest BCUT2D eigenvalue weighted by Crippen LogP contribution is -2.29. The fourth-order valence-electron chi connectivity index (χ4n) is 2.54. The van der Waals surface area contributed by atoms with E-state index in [1.165, 1.54) is 0 Å². The van der Waals surface area contributed by atoms with Crippen LogP contribution in [-0.2, 0) is 20.7 Å². The molecule has 0 aliphatic carbocycles. The minimum atomic E-state index is -0.577. The number of nitrogens with one attached hydrogen (secondary N) is 2. The summed E-state index contributed by atoms with van der Waals surface area (Å²) in [4.78, 5) is 35.2. The van der Waals surface area contributed by atoms with Gasteiger partial charge in [0.2, 0.25) is 0 Å². The average Bonchev–Trinajstić information content (AvgIpc) is 2.75. The number of aryl methyl sites for hydroxylation is 1. The van der Waals surface area contributed by atoms with Crippen LogP contribution in [0.5, 0.6) is 0 Å². The highest BCUT2D eigenvalue weighted by molar-refractivity contribution is 6.04. The first-order valence-electron chi connectivity index (χ1n) is 9.65. The second-order valence-corrected chi connectivity index (χ2v) is 6.56. The number of alkyl carbamates (subject to hydrolysis) is 1. The van der Waals surface area contributed by atoms with Crippen LogP contribution in [0.1, 0.15) is 29.3 Å². The Morgan fingerprint density at radius 3 is 2.37 bits per heavy atom. The zero-order valence-corrected chi connectivity index (χ0v) is 17.0. The van der Waals surface area contributed by atoms with Gasteiger partial charge in [0.15, 0.2) is 0 Å². The highest BCUT2D eigenvalue weighted by Gasteiger charge is 2.09. The van der Waals surface area contributed by atoms with Crippen LogP contribution in [0.3, 0.4) is 0 Å². The van der Waals surface area contributed by atoms with Crippen LogP contribution < -0.4 is 10.6 Å². The van der Waals surface area contributed by atoms with E-state index in [0.717, 1.165) is 11.3 Å². The van der Waals surface area contributed by atoms with E-state index in [1.807, 2.05) is 42.5 Å². The summed E-state index contributed by atoms with van der Waals surface area (Å²) < 4.78 is 9.98. The lowest BCUT2D eigenvalue weighted by Gasteiger charge is -2.12. The predicted molar refractivity (Wildman–Crippen MR) is 114 cm³/mol. The Morgan fingerprint density at radius 2 is 1.63 bits per heavy atom. The molecule has 2 rings (SSSR count). The van der Waals surface area contributed by atoms with Crippen molar-refractivity contribution in [2.45, 2.75) is 19.8 Å². The predicted octanol–water partition coefficient (Wildman–Crippen LogP) is 3.72. The summed E-state index contributed by atoms with van der Waals surface area (Å²) >= 11 is 0. The number of esters is 1. The Morgan fingerprint density at radius 1 is 0.933 bits per heavy atom. The Labute approximate surface area is 176 Å². The van der Waals surface area contributed by atoms with E-state index >= 15 is 0 Å². The van der Waals surface area contributed by atoms with E-state index in [-0.39, 0.29) is 25.7 Å². The van der Waals surface area contributed by atoms with E-state index in [2.05, 4.69) is 17.2 Å². The Kier molecular flexibility index (Phi) is 9.12. The summed E-state index contributed by atoms with van der Waals surface area (Å²) in [5.41, 5.74) is 2.58. The summed E-state index contributed by atoms with van der Waals surface area (Å²) in [6.07, 6.45) is 0.650. The van der Waals surface area contributed by atoms with E-state index < -0.39 is 12.1 Å². The van der Waals surface area contributed by atoms with Gasteiger partial charge in [-0.05, 0) is 43.5 Å². The Balaban J connectivity index is 1.71. The third kappa shape index (κ3) is 7.79. The maximum absolute atomic E-state index is 12.4. The van der Waals surface area contributed by atoms with Gasteiger partial charge in [0.1, 0.15) is 6.61 Å². The van der Waals surface area contributed by atoms with Gasteiger partial charge in [-0.2, -0.15) is 0 Å². The molecule has 0 saturated carbocycles. The van der Waals surface area contributed by atoms with E-state index in [9.17, 15) is 14.4 Å². The van der Waals surface area contributed by atoms with Crippen LogP contribution in [0, 0.1) is 0 Å². The second-order valence-electron chi connectivity index (χ2n) is 6.56. The van der Waals surface area contributed by atoms with Crippen molar-refractivity contribution in [3.63, 3.8) is 0 Å². The lowest BCUT2D eigenvalue weighted by molar-refractivity contribution is -0.138. The molecule has 2 aromatic carbocycles. The molecule has 2 amide bonds. The lowest BCUT2D eigenvalue weighted by atomic mass is 10.1. The van der Waals surface area contributed by atoms with Gasteiger partial charge in [-0.25, -0.2) is 9.59 Å². The fourth-order valence-corrected chi connectivity index (χ4v) is 2.54. The molecule has 0 aliphatic rings. The number of para-hydroxylation sites is 1. The molecule has 0 atom stereocenters. The zero-order valence-electron chi connectivity index (χ0n) is 17.0. The molecule has 0 saturated heterocycles. The van der Waals surface area contributed by atoms with E-state index in [0.29, 0.717) is 24.0 Å². The normalized spacial score (nSPS) is 10.0. The molecule has 7 heteroatoms. The van der Waals surface area contributed by atoms with Crippen molar-refractivity contribution in [2.75, 3.05) is 25.1 Å². The standard InChI is InChI=1S/C23H26N2O5/c1-17(2)22(27)29-16-14-24-23(28)30-15-8-12-18-9-6-7-13-20(18)25-21(26)19-10-4-3-5-11-19/h3-7,9-11,13H,1,8,12,14-16H2,2H3,(H,24,28)(H,25,26). The molecular formula is C23H26N2O5. The molecule has 2 N–H and O–H groups in total. The molecule has 0 spiro atoms. The maximum atomic E-state index is 12.4. The van der Waals surface area contributed by atoms with Crippen LogP contribution in [-0.4, -0.2) is 37.7 Å². The fraction of sp³-hybridized carbons (Fsp3) is 0.261. The van der Waals surface area contributed by atoms with Gasteiger partial charge < -0.3 is 20.1 Å². The number of rotatable bonds is 10. The molecule has 7 nitrogen and oxygen atoms in total. The highest BCUT2D eigenvalue weighted by atomic mass is 16.6. The third-order valence-corrected chi connectivity index (χ3v) is 4.08. The zero-order chi connectivity index (χ0) is 21.8. The number of carbonyl (C=O) groups excluding carboxylic acids is 3. The average molecular weight is 410 g/mol. The van der Waals surface area contributed by atoms with Gasteiger partial charge in [-0.3, -0.25) is 4.79 Å². The molecule has 0 aliphatic heterocycles. The SMILES string of the molecule is C=C(C)C(=O)OCCNC(=O)OCCCc1ccccc1NC(=O)c1ccccc1. The van der Waals surface area contributed by atoms with Crippen molar-refractivity contribution in [1.29, 1.82) is 0 Å². The Hall–Kier alpha value is -3.61. The van der Waals surface area contributed by atoms with Crippen molar-refractivity contribution >= 4 is 23.7 Å². The molecule has 0 heterocycles. The summed E-state index contributed by atoms with van der Waals surface area (Å²) in [6, 6.07) is 16.5. The molecule has 158 valence electrons. The molecular weight excluding hydrogens is 384 g/mol. The summed E-state index contributed by atoms with van der Waals surface area (Å²) in [5, 5.41) is 5.43. The van der Waals surface area contributed by atoms with Gasteiger partial charge in [0, 0.05) is 16.8 Å². The van der Waals surface area contributed by atoms with Crippen LogP contribution in [0.2, 0.25) is 0 Å². The van der Waals surface area contributed by atoms with Crippen molar-refractivity contribution in [3.8, 4) is 0 Å². The summed E-state index contributed by atoms with van der Waals surface area (Å²) in [5.74, 6) is -0.672. The van der Waals surface area contributed by atoms with E-state index in [1.54, 1.807) is 19.1 Å². The van der Waals surface area contributed by atoms with Gasteiger partial charge in [0.25, 0.3) is 5.91 Å². The van der Waals surface area contributed by atoms with Crippen molar-refractivity contribution < 1.29 is 23.9 Å². The molecule has 2 aromatic rings. The molecule has 0 bridgehead atoms. The van der Waals surface area contributed by atoms with Crippen LogP contribution in [0.15, 0.2) is 66.7 Å². The highest BCUT2D eigenvalue weighted by Crippen LogP contribution is 2.18. The van der Waals surface area contributed by atoms with Crippen molar-refractivity contribution in [1.82, 2.24) is 5.32 Å². The second kappa shape index (κ2) is 12.1. The maximum Gasteiger partial charge on any atom is 0.407 e. The third-order valence-electron chi connectivity index (χ3n) is 4.08. The van der Waals surface area contributed by atoms with Crippen LogP contribution in [0.4, 0.5) is 10.5 Å². The molecule has 0 aromatic heterocycles. The molecule has 0 radical (unpaired) electrons. The molecule has 0 unspecified atom stereocenters.